The van der Waals surface area contributed by atoms with E-state index in [0.29, 0.717) is 6.42 Å². The first-order chi connectivity index (χ1) is 10.9. The van der Waals surface area contributed by atoms with Crippen molar-refractivity contribution < 1.29 is 18.0 Å². The molecule has 0 aliphatic rings. The van der Waals surface area contributed by atoms with E-state index in [1.165, 1.54) is 12.1 Å². The fourth-order valence-electron chi connectivity index (χ4n) is 2.18. The first-order valence-corrected chi connectivity index (χ1v) is 7.03. The van der Waals surface area contributed by atoms with Gasteiger partial charge in [-0.15, -0.1) is 0 Å². The van der Waals surface area contributed by atoms with Gasteiger partial charge in [0, 0.05) is 6.04 Å². The van der Waals surface area contributed by atoms with Gasteiger partial charge in [-0.25, -0.2) is 23.1 Å². The van der Waals surface area contributed by atoms with Crippen LogP contribution in [0.1, 0.15) is 40.7 Å². The summed E-state index contributed by atoms with van der Waals surface area (Å²) in [4.78, 5) is 19.2. The third kappa shape index (κ3) is 4.51. The summed E-state index contributed by atoms with van der Waals surface area (Å²) in [6.07, 6.45) is -1.33. The van der Waals surface area contributed by atoms with Gasteiger partial charge in [0.05, 0.1) is 0 Å². The van der Waals surface area contributed by atoms with Gasteiger partial charge in [0.2, 0.25) is 0 Å². The van der Waals surface area contributed by atoms with Gasteiger partial charge in [0.25, 0.3) is 12.3 Å². The molecule has 0 saturated carbocycles. The fourth-order valence-corrected chi connectivity index (χ4v) is 2.18. The summed E-state index contributed by atoms with van der Waals surface area (Å²) in [6, 6.07) is 5.14. The van der Waals surface area contributed by atoms with E-state index in [-0.39, 0.29) is 17.6 Å². The summed E-state index contributed by atoms with van der Waals surface area (Å²) < 4.78 is 38.2. The lowest BCUT2D eigenvalue weighted by Crippen LogP contribution is -2.34. The van der Waals surface area contributed by atoms with Crippen molar-refractivity contribution in [3.05, 3.63) is 58.9 Å². The summed E-state index contributed by atoms with van der Waals surface area (Å²) in [5.74, 6) is -0.870. The molecular weight excluding hydrogens is 307 g/mol. The highest BCUT2D eigenvalue weighted by atomic mass is 19.3. The lowest BCUT2D eigenvalue weighted by Gasteiger charge is -2.15. The molecule has 0 aliphatic heterocycles. The first-order valence-electron chi connectivity index (χ1n) is 7.03. The molecule has 0 bridgehead atoms. The minimum atomic E-state index is -2.76. The molecule has 1 unspecified atom stereocenters. The third-order valence-electron chi connectivity index (χ3n) is 3.35. The second-order valence-electron chi connectivity index (χ2n) is 5.28. The second kappa shape index (κ2) is 7.21. The molecule has 23 heavy (non-hydrogen) atoms. The van der Waals surface area contributed by atoms with Crippen LogP contribution in [0.2, 0.25) is 0 Å². The Morgan fingerprint density at radius 2 is 2.00 bits per heavy atom. The largest absolute Gasteiger partial charge is 0.348 e. The number of amides is 1. The fraction of sp³-hybridized carbons (Fsp3) is 0.312. The molecule has 1 heterocycles. The van der Waals surface area contributed by atoms with Gasteiger partial charge in [-0.3, -0.25) is 4.79 Å². The van der Waals surface area contributed by atoms with Crippen LogP contribution >= 0.6 is 0 Å². The first kappa shape index (κ1) is 16.9. The van der Waals surface area contributed by atoms with E-state index >= 15 is 0 Å². The topological polar surface area (TPSA) is 54.9 Å². The zero-order chi connectivity index (χ0) is 17.0. The van der Waals surface area contributed by atoms with Gasteiger partial charge in [0.1, 0.15) is 23.5 Å². The zero-order valence-electron chi connectivity index (χ0n) is 12.7. The Morgan fingerprint density at radius 3 is 2.65 bits per heavy atom. The van der Waals surface area contributed by atoms with Gasteiger partial charge in [-0.05, 0) is 49.6 Å². The molecule has 0 aliphatic carbocycles. The van der Waals surface area contributed by atoms with E-state index in [1.807, 2.05) is 0 Å². The molecule has 4 nitrogen and oxygen atoms in total. The van der Waals surface area contributed by atoms with E-state index in [4.69, 9.17) is 0 Å². The molecule has 1 aromatic carbocycles. The number of nitrogens with one attached hydrogen (secondary N) is 1. The van der Waals surface area contributed by atoms with Crippen molar-refractivity contribution in [2.24, 2.45) is 0 Å². The van der Waals surface area contributed by atoms with Crippen LogP contribution < -0.4 is 5.32 Å². The van der Waals surface area contributed by atoms with E-state index in [0.717, 1.165) is 23.5 Å². The lowest BCUT2D eigenvalue weighted by molar-refractivity contribution is 0.0934. The lowest BCUT2D eigenvalue weighted by atomic mass is 10.0. The van der Waals surface area contributed by atoms with E-state index in [2.05, 4.69) is 15.3 Å². The zero-order valence-corrected chi connectivity index (χ0v) is 12.7. The highest BCUT2D eigenvalue weighted by molar-refractivity contribution is 5.92. The van der Waals surface area contributed by atoms with E-state index in [1.54, 1.807) is 19.9 Å². The molecule has 1 amide bonds. The molecule has 7 heteroatoms. The molecule has 1 N–H and O–H groups in total. The molecule has 0 spiro atoms. The quantitative estimate of drug-likeness (QED) is 0.919. The Bertz CT molecular complexity index is 707. The van der Waals surface area contributed by atoms with Crippen molar-refractivity contribution in [2.45, 2.75) is 32.7 Å². The highest BCUT2D eigenvalue weighted by Crippen LogP contribution is 2.16. The van der Waals surface area contributed by atoms with Crippen molar-refractivity contribution in [3.63, 3.8) is 0 Å². The maximum atomic E-state index is 13.1. The number of hydrogen-bond acceptors (Lipinski definition) is 3. The Balaban J connectivity index is 2.03. The Labute approximate surface area is 131 Å². The van der Waals surface area contributed by atoms with Crippen molar-refractivity contribution >= 4 is 5.91 Å². The number of halogens is 3. The number of carbonyl (C=O) groups is 1. The van der Waals surface area contributed by atoms with Crippen molar-refractivity contribution in [2.75, 3.05) is 0 Å². The molecule has 2 rings (SSSR count). The number of aryl methyl sites for hydroxylation is 1. The highest BCUT2D eigenvalue weighted by Gasteiger charge is 2.16. The smallest absolute Gasteiger partial charge is 0.280 e. The minimum absolute atomic E-state index is 0.113. The SMILES string of the molecule is Cc1cc(F)ccc1CC(C)NC(=O)c1cc(C(F)F)ncn1. The molecule has 2 aromatic rings. The van der Waals surface area contributed by atoms with Crippen LogP contribution in [0, 0.1) is 12.7 Å². The number of alkyl halides is 2. The number of rotatable bonds is 5. The predicted molar refractivity (Wildman–Crippen MR) is 78.8 cm³/mol. The van der Waals surface area contributed by atoms with E-state index in [9.17, 15) is 18.0 Å². The van der Waals surface area contributed by atoms with E-state index < -0.39 is 18.0 Å². The Kier molecular flexibility index (Phi) is 5.31. The average Bonchev–Trinajstić information content (AvgIpc) is 2.50. The molecule has 1 aromatic heterocycles. The van der Waals surface area contributed by atoms with Gasteiger partial charge >= 0.3 is 0 Å². The number of hydrogen-bond donors (Lipinski definition) is 1. The summed E-state index contributed by atoms with van der Waals surface area (Å²) >= 11 is 0. The minimum Gasteiger partial charge on any atom is -0.348 e. The molecule has 122 valence electrons. The van der Waals surface area contributed by atoms with Crippen LogP contribution in [0.4, 0.5) is 13.2 Å². The maximum absolute atomic E-state index is 13.1. The second-order valence-corrected chi connectivity index (χ2v) is 5.28. The Morgan fingerprint density at radius 1 is 1.26 bits per heavy atom. The summed E-state index contributed by atoms with van der Waals surface area (Å²) in [5.41, 5.74) is 1.08. The molecule has 1 atom stereocenters. The van der Waals surface area contributed by atoms with Gasteiger partial charge < -0.3 is 5.32 Å². The number of carbonyl (C=O) groups excluding carboxylic acids is 1. The average molecular weight is 323 g/mol. The standard InChI is InChI=1S/C16H16F3N3O/c1-9-5-12(17)4-3-11(9)6-10(2)22-16(23)14-7-13(15(18)19)20-8-21-14/h3-5,7-8,10,15H,6H2,1-2H3,(H,22,23). The van der Waals surface area contributed by atoms with Crippen LogP contribution in [0.15, 0.2) is 30.6 Å². The van der Waals surface area contributed by atoms with Crippen LogP contribution in [0.3, 0.4) is 0 Å². The number of aromatic nitrogens is 2. The van der Waals surface area contributed by atoms with Gasteiger partial charge in [-0.1, -0.05) is 6.07 Å². The molecule has 0 radical (unpaired) electrons. The van der Waals surface area contributed by atoms with Crippen LogP contribution in [0.25, 0.3) is 0 Å². The van der Waals surface area contributed by atoms with Crippen molar-refractivity contribution in [1.82, 2.24) is 15.3 Å². The third-order valence-corrected chi connectivity index (χ3v) is 3.35. The van der Waals surface area contributed by atoms with Gasteiger partial charge in [-0.2, -0.15) is 0 Å². The van der Waals surface area contributed by atoms with Crippen LogP contribution in [-0.4, -0.2) is 21.9 Å². The summed E-state index contributed by atoms with van der Waals surface area (Å²) in [5, 5.41) is 2.68. The Hall–Kier alpha value is -2.44. The van der Waals surface area contributed by atoms with Crippen molar-refractivity contribution in [3.8, 4) is 0 Å². The normalized spacial score (nSPS) is 12.3. The van der Waals surface area contributed by atoms with Crippen molar-refractivity contribution in [1.29, 1.82) is 0 Å². The maximum Gasteiger partial charge on any atom is 0.280 e. The molecule has 0 fully saturated rings. The number of nitrogens with zero attached hydrogens (tertiary/aromatic N) is 2. The number of benzene rings is 1. The molecular formula is C16H16F3N3O. The summed E-state index contributed by atoms with van der Waals surface area (Å²) in [6.45, 7) is 3.56. The summed E-state index contributed by atoms with van der Waals surface area (Å²) in [7, 11) is 0. The predicted octanol–water partition coefficient (Wildman–Crippen LogP) is 3.22. The van der Waals surface area contributed by atoms with Gasteiger partial charge in [0.15, 0.2) is 0 Å². The van der Waals surface area contributed by atoms with Crippen LogP contribution in [0.5, 0.6) is 0 Å². The monoisotopic (exact) mass is 323 g/mol. The van der Waals surface area contributed by atoms with Crippen LogP contribution in [-0.2, 0) is 6.42 Å². The molecule has 0 saturated heterocycles.